The van der Waals surface area contributed by atoms with Gasteiger partial charge in [-0.1, -0.05) is 30.3 Å². The van der Waals surface area contributed by atoms with Gasteiger partial charge in [0.25, 0.3) is 0 Å². The predicted molar refractivity (Wildman–Crippen MR) is 139 cm³/mol. The zero-order valence-corrected chi connectivity index (χ0v) is 20.1. The summed E-state index contributed by atoms with van der Waals surface area (Å²) in [5, 5.41) is 5.45. The lowest BCUT2D eigenvalue weighted by Crippen LogP contribution is -2.26. The van der Waals surface area contributed by atoms with Gasteiger partial charge in [0.15, 0.2) is 0 Å². The first-order valence-electron chi connectivity index (χ1n) is 11.6. The molecule has 2 heterocycles. The Bertz CT molecular complexity index is 1340. The normalized spacial score (nSPS) is 15.1. The molecule has 0 aliphatic heterocycles. The van der Waals surface area contributed by atoms with Crippen LogP contribution in [-0.2, 0) is 6.54 Å². The first-order valence-corrected chi connectivity index (χ1v) is 12.5. The molecular formula is C28H27N3O3S. The second kappa shape index (κ2) is 11.1. The van der Waals surface area contributed by atoms with Crippen LogP contribution in [0.4, 0.5) is 0 Å². The van der Waals surface area contributed by atoms with Gasteiger partial charge in [-0.25, -0.2) is 4.79 Å². The van der Waals surface area contributed by atoms with E-state index in [4.69, 9.17) is 9.47 Å². The molecule has 1 aliphatic carbocycles. The van der Waals surface area contributed by atoms with Crippen molar-refractivity contribution >= 4 is 11.3 Å². The molecule has 1 aliphatic rings. The van der Waals surface area contributed by atoms with Crippen molar-refractivity contribution < 1.29 is 9.47 Å². The van der Waals surface area contributed by atoms with Crippen LogP contribution in [-0.4, -0.2) is 22.3 Å². The molecule has 0 saturated carbocycles. The van der Waals surface area contributed by atoms with Crippen molar-refractivity contribution in [2.24, 2.45) is 0 Å². The van der Waals surface area contributed by atoms with E-state index < -0.39 is 0 Å². The fourth-order valence-electron chi connectivity index (χ4n) is 3.90. The number of rotatable bonds is 10. The first kappa shape index (κ1) is 23.0. The highest BCUT2D eigenvalue weighted by atomic mass is 32.1. The van der Waals surface area contributed by atoms with Crippen LogP contribution in [0.5, 0.6) is 11.5 Å². The predicted octanol–water partition coefficient (Wildman–Crippen LogP) is 5.33. The minimum absolute atomic E-state index is 0.0452. The van der Waals surface area contributed by atoms with Crippen molar-refractivity contribution in [3.05, 3.63) is 124 Å². The van der Waals surface area contributed by atoms with E-state index in [1.54, 1.807) is 26.7 Å². The Morgan fingerprint density at radius 1 is 0.971 bits per heavy atom. The highest BCUT2D eigenvalue weighted by molar-refractivity contribution is 7.09. The largest absolute Gasteiger partial charge is 0.492 e. The molecule has 0 fully saturated rings. The summed E-state index contributed by atoms with van der Waals surface area (Å²) < 4.78 is 15.1. The third kappa shape index (κ3) is 5.82. The van der Waals surface area contributed by atoms with Gasteiger partial charge < -0.3 is 14.8 Å². The number of para-hydroxylation sites is 1. The number of hydrogen-bond donors (Lipinski definition) is 1. The van der Waals surface area contributed by atoms with E-state index in [-0.39, 0.29) is 11.7 Å². The quantitative estimate of drug-likeness (QED) is 0.308. The zero-order chi connectivity index (χ0) is 23.9. The van der Waals surface area contributed by atoms with E-state index in [1.165, 1.54) is 4.88 Å². The number of ether oxygens (including phenoxy) is 2. The Balaban J connectivity index is 1.15. The molecule has 0 bridgehead atoms. The molecule has 4 aromatic rings. The molecule has 178 valence electrons. The lowest BCUT2D eigenvalue weighted by Gasteiger charge is -2.17. The van der Waals surface area contributed by atoms with Gasteiger partial charge in [0.2, 0.25) is 0 Å². The Labute approximate surface area is 208 Å². The van der Waals surface area contributed by atoms with Crippen molar-refractivity contribution in [1.82, 2.24) is 14.5 Å². The Morgan fingerprint density at radius 2 is 1.83 bits per heavy atom. The van der Waals surface area contributed by atoms with E-state index in [9.17, 15) is 4.79 Å². The van der Waals surface area contributed by atoms with Crippen LogP contribution < -0.4 is 20.5 Å². The van der Waals surface area contributed by atoms with E-state index >= 15 is 0 Å². The van der Waals surface area contributed by atoms with Gasteiger partial charge in [0, 0.05) is 30.4 Å². The maximum atomic E-state index is 13.1. The molecule has 2 aromatic carbocycles. The first-order chi connectivity index (χ1) is 17.3. The summed E-state index contributed by atoms with van der Waals surface area (Å²) >= 11 is 1.74. The summed E-state index contributed by atoms with van der Waals surface area (Å²) in [6, 6.07) is 21.4. The monoisotopic (exact) mass is 485 g/mol. The summed E-state index contributed by atoms with van der Waals surface area (Å²) in [5.74, 6) is 2.37. The Hall–Kier alpha value is -3.81. The molecule has 0 spiro atoms. The maximum Gasteiger partial charge on any atom is 0.333 e. The second-order valence-corrected chi connectivity index (χ2v) is 9.17. The molecule has 0 amide bonds. The SMILES string of the molecule is O=c1n(-c2ccc(OCCNCc3cccs3)cc2)ccn1C1C=CC(Oc2ccccc2)=CC1. The van der Waals surface area contributed by atoms with Crippen LogP contribution in [0.3, 0.4) is 0 Å². The molecule has 35 heavy (non-hydrogen) atoms. The third-order valence-corrected chi connectivity index (χ3v) is 6.60. The molecule has 1 unspecified atom stereocenters. The number of nitrogens with one attached hydrogen (secondary N) is 1. The average molecular weight is 486 g/mol. The van der Waals surface area contributed by atoms with Crippen molar-refractivity contribution in [3.8, 4) is 17.2 Å². The van der Waals surface area contributed by atoms with Crippen molar-refractivity contribution in [1.29, 1.82) is 0 Å². The van der Waals surface area contributed by atoms with Crippen LogP contribution >= 0.6 is 11.3 Å². The van der Waals surface area contributed by atoms with Gasteiger partial charge in [0.1, 0.15) is 23.9 Å². The van der Waals surface area contributed by atoms with Gasteiger partial charge in [-0.05, 0) is 66.4 Å². The smallest absolute Gasteiger partial charge is 0.333 e. The number of allylic oxidation sites excluding steroid dienone is 3. The van der Waals surface area contributed by atoms with E-state index in [2.05, 4.69) is 22.8 Å². The summed E-state index contributed by atoms with van der Waals surface area (Å²) in [5.41, 5.74) is 0.729. The number of hydrogen-bond acceptors (Lipinski definition) is 5. The Kier molecular flexibility index (Phi) is 7.27. The molecule has 0 radical (unpaired) electrons. The fourth-order valence-corrected chi connectivity index (χ4v) is 4.58. The zero-order valence-electron chi connectivity index (χ0n) is 19.2. The van der Waals surface area contributed by atoms with Crippen LogP contribution in [0.15, 0.2) is 113 Å². The molecule has 0 saturated heterocycles. The van der Waals surface area contributed by atoms with Gasteiger partial charge in [0.05, 0.1) is 11.7 Å². The van der Waals surface area contributed by atoms with Crippen LogP contribution in [0.25, 0.3) is 5.69 Å². The lowest BCUT2D eigenvalue weighted by atomic mass is 10.1. The molecule has 2 aromatic heterocycles. The fraction of sp³-hybridized carbons (Fsp3) is 0.179. The average Bonchev–Trinajstić information content (AvgIpc) is 3.55. The standard InChI is InChI=1S/C28H27N3O3S/c32-28-30(22-8-12-24(13-9-22)33-19-16-29-21-27-7-4-20-35-27)17-18-31(28)23-10-14-26(15-11-23)34-25-5-2-1-3-6-25/h1-10,12-15,17-18,20,23,29H,11,16,19,21H2. The van der Waals surface area contributed by atoms with Crippen molar-refractivity contribution in [3.63, 3.8) is 0 Å². The van der Waals surface area contributed by atoms with Crippen LogP contribution in [0.2, 0.25) is 0 Å². The van der Waals surface area contributed by atoms with Crippen LogP contribution in [0, 0.1) is 0 Å². The third-order valence-electron chi connectivity index (χ3n) is 5.72. The minimum atomic E-state index is -0.0769. The summed E-state index contributed by atoms with van der Waals surface area (Å²) in [6.07, 6.45) is 10.3. The maximum absolute atomic E-state index is 13.1. The van der Waals surface area contributed by atoms with Crippen LogP contribution in [0.1, 0.15) is 17.3 Å². The topological polar surface area (TPSA) is 57.4 Å². The van der Waals surface area contributed by atoms with Crippen molar-refractivity contribution in [2.75, 3.05) is 13.2 Å². The highest BCUT2D eigenvalue weighted by Crippen LogP contribution is 2.23. The van der Waals surface area contributed by atoms with Gasteiger partial charge in [-0.2, -0.15) is 0 Å². The lowest BCUT2D eigenvalue weighted by molar-refractivity contribution is 0.314. The highest BCUT2D eigenvalue weighted by Gasteiger charge is 2.16. The number of thiophene rings is 1. The molecule has 6 nitrogen and oxygen atoms in total. The van der Waals surface area contributed by atoms with E-state index in [0.29, 0.717) is 13.0 Å². The van der Waals surface area contributed by atoms with E-state index in [0.717, 1.165) is 36.0 Å². The van der Waals surface area contributed by atoms with E-state index in [1.807, 2.05) is 79.0 Å². The number of benzene rings is 2. The van der Waals surface area contributed by atoms with Gasteiger partial charge in [-0.15, -0.1) is 11.3 Å². The molecule has 5 rings (SSSR count). The summed E-state index contributed by atoms with van der Waals surface area (Å²) in [6.45, 7) is 2.20. The molecular weight excluding hydrogens is 458 g/mol. The molecule has 1 N–H and O–H groups in total. The second-order valence-electron chi connectivity index (χ2n) is 8.14. The van der Waals surface area contributed by atoms with Gasteiger partial charge >= 0.3 is 5.69 Å². The minimum Gasteiger partial charge on any atom is -0.492 e. The van der Waals surface area contributed by atoms with Crippen molar-refractivity contribution in [2.45, 2.75) is 19.0 Å². The molecule has 1 atom stereocenters. The number of aromatic nitrogens is 2. The van der Waals surface area contributed by atoms with Gasteiger partial charge in [-0.3, -0.25) is 9.13 Å². The number of imidazole rings is 1. The summed E-state index contributed by atoms with van der Waals surface area (Å²) in [4.78, 5) is 14.4. The molecule has 7 heteroatoms. The Morgan fingerprint density at radius 3 is 2.57 bits per heavy atom. The summed E-state index contributed by atoms with van der Waals surface area (Å²) in [7, 11) is 0. The number of nitrogens with zero attached hydrogens (tertiary/aromatic N) is 2.